The number of fused-ring (bicyclic) bond motifs is 1. The molecule has 0 radical (unpaired) electrons. The molecular formula is C23H26N4O5S3. The predicted octanol–water partition coefficient (Wildman–Crippen LogP) is 2.84. The Hall–Kier alpha value is -2.64. The average Bonchev–Trinajstić information content (AvgIpc) is 3.15. The van der Waals surface area contributed by atoms with E-state index in [1.807, 2.05) is 6.92 Å². The smallest absolute Gasteiger partial charge is 0.279 e. The molecule has 1 aromatic heterocycles. The van der Waals surface area contributed by atoms with Crippen LogP contribution in [0.15, 0.2) is 69.9 Å². The molecule has 12 heteroatoms. The minimum atomic E-state index is -3.88. The fraction of sp³-hybridized carbons (Fsp3) is 0.304. The summed E-state index contributed by atoms with van der Waals surface area (Å²) in [5.41, 5.74) is 0.925. The van der Waals surface area contributed by atoms with Crippen LogP contribution >= 0.6 is 11.3 Å². The predicted molar refractivity (Wildman–Crippen MR) is 135 cm³/mol. The Balaban J connectivity index is 1.68. The van der Waals surface area contributed by atoms with Crippen molar-refractivity contribution >= 4 is 47.5 Å². The van der Waals surface area contributed by atoms with Gasteiger partial charge in [0.15, 0.2) is 4.80 Å². The van der Waals surface area contributed by atoms with Gasteiger partial charge < -0.3 is 4.57 Å². The Morgan fingerprint density at radius 3 is 2.46 bits per heavy atom. The molecule has 186 valence electrons. The number of thiazole rings is 1. The van der Waals surface area contributed by atoms with Crippen molar-refractivity contribution in [3.8, 4) is 0 Å². The molecule has 1 aliphatic rings. The van der Waals surface area contributed by atoms with Crippen LogP contribution in [0.3, 0.4) is 0 Å². The number of piperidine rings is 1. The number of nitrogens with zero attached hydrogens (tertiary/aromatic N) is 3. The molecule has 3 aromatic rings. The van der Waals surface area contributed by atoms with Gasteiger partial charge >= 0.3 is 0 Å². The van der Waals surface area contributed by atoms with E-state index in [0.29, 0.717) is 28.1 Å². The van der Waals surface area contributed by atoms with Gasteiger partial charge in [-0.05, 0) is 62.2 Å². The van der Waals surface area contributed by atoms with Crippen LogP contribution < -0.4 is 9.94 Å². The second-order valence-electron chi connectivity index (χ2n) is 8.36. The van der Waals surface area contributed by atoms with E-state index in [1.54, 1.807) is 16.7 Å². The number of hydrogen-bond acceptors (Lipinski definition) is 6. The van der Waals surface area contributed by atoms with Crippen molar-refractivity contribution in [2.75, 3.05) is 6.54 Å². The highest BCUT2D eigenvalue weighted by Crippen LogP contribution is 2.25. The molecule has 35 heavy (non-hydrogen) atoms. The lowest BCUT2D eigenvalue weighted by Gasteiger charge is -2.32. The molecule has 1 atom stereocenters. The maximum Gasteiger partial charge on any atom is 0.279 e. The first kappa shape index (κ1) is 25.5. The third-order valence-corrected chi connectivity index (χ3v) is 9.92. The maximum atomic E-state index is 13.0. The highest BCUT2D eigenvalue weighted by molar-refractivity contribution is 7.89. The second kappa shape index (κ2) is 9.78. The summed E-state index contributed by atoms with van der Waals surface area (Å²) in [5.74, 6) is -0.545. The topological polar surface area (TPSA) is 132 Å². The number of aromatic nitrogens is 1. The Labute approximate surface area is 208 Å². The van der Waals surface area contributed by atoms with E-state index in [9.17, 15) is 21.6 Å². The van der Waals surface area contributed by atoms with E-state index in [4.69, 9.17) is 5.14 Å². The molecule has 0 aliphatic carbocycles. The summed E-state index contributed by atoms with van der Waals surface area (Å²) < 4.78 is 53.4. The molecule has 2 aromatic carbocycles. The minimum Gasteiger partial charge on any atom is -0.312 e. The van der Waals surface area contributed by atoms with Crippen LogP contribution in [0.1, 0.15) is 36.5 Å². The number of carbonyl (C=O) groups excluding carboxylic acids is 1. The van der Waals surface area contributed by atoms with Crippen molar-refractivity contribution in [2.24, 2.45) is 10.1 Å². The van der Waals surface area contributed by atoms with Gasteiger partial charge in [0.1, 0.15) is 0 Å². The number of sulfonamides is 2. The van der Waals surface area contributed by atoms with Gasteiger partial charge in [0.05, 0.1) is 20.0 Å². The van der Waals surface area contributed by atoms with Crippen LogP contribution in [0.25, 0.3) is 10.2 Å². The number of benzene rings is 2. The highest BCUT2D eigenvalue weighted by atomic mass is 32.2. The molecule has 1 unspecified atom stereocenters. The van der Waals surface area contributed by atoms with Crippen LogP contribution in [0.2, 0.25) is 0 Å². The summed E-state index contributed by atoms with van der Waals surface area (Å²) >= 11 is 1.15. The van der Waals surface area contributed by atoms with E-state index < -0.39 is 26.0 Å². The molecule has 1 saturated heterocycles. The molecule has 0 bridgehead atoms. The van der Waals surface area contributed by atoms with Crippen molar-refractivity contribution < 1.29 is 21.6 Å². The third-order valence-electron chi connectivity index (χ3n) is 5.94. The van der Waals surface area contributed by atoms with E-state index in [1.165, 1.54) is 40.7 Å². The number of carbonyl (C=O) groups is 1. The average molecular weight is 535 g/mol. The number of amides is 1. The van der Waals surface area contributed by atoms with Crippen LogP contribution in [0.5, 0.6) is 0 Å². The van der Waals surface area contributed by atoms with E-state index >= 15 is 0 Å². The van der Waals surface area contributed by atoms with E-state index in [2.05, 4.69) is 11.6 Å². The number of primary sulfonamides is 1. The third kappa shape index (κ3) is 5.16. The first-order valence-electron chi connectivity index (χ1n) is 11.0. The standard InChI is InChI=1S/C23H26N4O5S3/c1-3-13-26-20-12-11-19(34(24,29)30)15-21(20)33-23(26)25-22(28)17-7-9-18(10-8-17)35(31,32)27-14-5-4-6-16(27)2/h3,7-12,15-16H,1,4-6,13-14H2,2H3,(H2,24,29,30). The van der Waals surface area contributed by atoms with Gasteiger partial charge in [-0.3, -0.25) is 4.79 Å². The molecule has 9 nitrogen and oxygen atoms in total. The van der Waals surface area contributed by atoms with Crippen molar-refractivity contribution in [2.45, 2.75) is 48.6 Å². The highest BCUT2D eigenvalue weighted by Gasteiger charge is 2.30. The van der Waals surface area contributed by atoms with Crippen LogP contribution in [-0.2, 0) is 26.6 Å². The summed E-state index contributed by atoms with van der Waals surface area (Å²) in [6, 6.07) is 10.2. The van der Waals surface area contributed by atoms with Crippen molar-refractivity contribution in [1.29, 1.82) is 0 Å². The molecule has 0 spiro atoms. The first-order valence-corrected chi connectivity index (χ1v) is 14.8. The molecule has 0 saturated carbocycles. The zero-order chi connectivity index (χ0) is 25.4. The summed E-state index contributed by atoms with van der Waals surface area (Å²) in [5, 5.41) is 5.24. The largest absolute Gasteiger partial charge is 0.312 e. The zero-order valence-corrected chi connectivity index (χ0v) is 21.6. The van der Waals surface area contributed by atoms with Gasteiger partial charge in [-0.1, -0.05) is 23.8 Å². The summed E-state index contributed by atoms with van der Waals surface area (Å²) in [4.78, 5) is 17.6. The Kier molecular flexibility index (Phi) is 7.11. The molecule has 1 amide bonds. The fourth-order valence-corrected chi connectivity index (χ4v) is 7.50. The number of hydrogen-bond donors (Lipinski definition) is 1. The van der Waals surface area contributed by atoms with Crippen LogP contribution in [0.4, 0.5) is 0 Å². The molecule has 2 N–H and O–H groups in total. The number of rotatable bonds is 6. The Bertz CT molecular complexity index is 1570. The monoisotopic (exact) mass is 534 g/mol. The molecule has 1 aliphatic heterocycles. The normalized spacial score (nSPS) is 18.1. The number of allylic oxidation sites excluding steroid dienone is 1. The summed E-state index contributed by atoms with van der Waals surface area (Å²) in [7, 11) is -7.52. The Morgan fingerprint density at radius 1 is 1.14 bits per heavy atom. The van der Waals surface area contributed by atoms with Crippen molar-refractivity contribution in [1.82, 2.24) is 8.87 Å². The van der Waals surface area contributed by atoms with Gasteiger partial charge in [-0.2, -0.15) is 9.30 Å². The first-order chi connectivity index (χ1) is 16.5. The van der Waals surface area contributed by atoms with Gasteiger partial charge in [0, 0.05) is 24.7 Å². The van der Waals surface area contributed by atoms with Gasteiger partial charge in [-0.25, -0.2) is 22.0 Å². The van der Waals surface area contributed by atoms with Gasteiger partial charge in [-0.15, -0.1) is 6.58 Å². The van der Waals surface area contributed by atoms with E-state index in [0.717, 1.165) is 30.6 Å². The summed E-state index contributed by atoms with van der Waals surface area (Å²) in [6.07, 6.45) is 4.31. The fourth-order valence-electron chi connectivity index (χ4n) is 4.11. The SMILES string of the molecule is C=CCn1c(=NC(=O)c2ccc(S(=O)(=O)N3CCCCC3C)cc2)sc2cc(S(N)(=O)=O)ccc21. The zero-order valence-electron chi connectivity index (χ0n) is 19.1. The molecule has 4 rings (SSSR count). The van der Waals surface area contributed by atoms with Crippen LogP contribution in [-0.4, -0.2) is 44.2 Å². The van der Waals surface area contributed by atoms with Crippen molar-refractivity contribution in [3.05, 3.63) is 65.5 Å². The van der Waals surface area contributed by atoms with Gasteiger partial charge in [0.25, 0.3) is 5.91 Å². The minimum absolute atomic E-state index is 0.0327. The van der Waals surface area contributed by atoms with E-state index in [-0.39, 0.29) is 21.4 Å². The lowest BCUT2D eigenvalue weighted by molar-refractivity contribution is 0.0997. The Morgan fingerprint density at radius 2 is 1.83 bits per heavy atom. The quantitative estimate of drug-likeness (QED) is 0.486. The van der Waals surface area contributed by atoms with Gasteiger partial charge in [0.2, 0.25) is 20.0 Å². The summed E-state index contributed by atoms with van der Waals surface area (Å²) in [6.45, 7) is 6.48. The lowest BCUT2D eigenvalue weighted by atomic mass is 10.1. The lowest BCUT2D eigenvalue weighted by Crippen LogP contribution is -2.41. The molecular weight excluding hydrogens is 508 g/mol. The van der Waals surface area contributed by atoms with Crippen molar-refractivity contribution in [3.63, 3.8) is 0 Å². The van der Waals surface area contributed by atoms with Crippen LogP contribution in [0, 0.1) is 0 Å². The molecule has 1 fully saturated rings. The second-order valence-corrected chi connectivity index (χ2v) is 12.8. The molecule has 2 heterocycles. The number of nitrogens with two attached hydrogens (primary N) is 1. The maximum absolute atomic E-state index is 13.0.